The average Bonchev–Trinajstić information content (AvgIpc) is 2.93. The molecular weight excluding hydrogens is 162 g/mol. The van der Waals surface area contributed by atoms with Crippen molar-refractivity contribution in [2.75, 3.05) is 19.7 Å². The zero-order chi connectivity index (χ0) is 9.52. The van der Waals surface area contributed by atoms with Crippen molar-refractivity contribution in [3.05, 3.63) is 0 Å². The third kappa shape index (κ3) is 5.27. The quantitative estimate of drug-likeness (QED) is 0.565. The number of rotatable bonds is 8. The molecule has 0 aliphatic heterocycles. The van der Waals surface area contributed by atoms with E-state index >= 15 is 0 Å². The Labute approximate surface area is 81.7 Å². The van der Waals surface area contributed by atoms with Gasteiger partial charge in [0.25, 0.3) is 0 Å². The predicted molar refractivity (Wildman–Crippen MR) is 55.7 cm³/mol. The van der Waals surface area contributed by atoms with Gasteiger partial charge in [-0.1, -0.05) is 6.92 Å². The van der Waals surface area contributed by atoms with Crippen LogP contribution < -0.4 is 5.32 Å². The van der Waals surface area contributed by atoms with Crippen LogP contribution in [0.3, 0.4) is 0 Å². The molecule has 2 nitrogen and oxygen atoms in total. The van der Waals surface area contributed by atoms with Gasteiger partial charge < -0.3 is 10.4 Å². The molecule has 1 saturated carbocycles. The molecule has 78 valence electrons. The molecule has 0 heterocycles. The number of aliphatic hydroxyl groups excluding tert-OH is 1. The Morgan fingerprint density at radius 2 is 2.08 bits per heavy atom. The van der Waals surface area contributed by atoms with Crippen molar-refractivity contribution in [3.8, 4) is 0 Å². The number of hydrogen-bond donors (Lipinski definition) is 2. The van der Waals surface area contributed by atoms with Gasteiger partial charge >= 0.3 is 0 Å². The molecule has 1 atom stereocenters. The van der Waals surface area contributed by atoms with Crippen LogP contribution in [0.2, 0.25) is 0 Å². The summed E-state index contributed by atoms with van der Waals surface area (Å²) in [6, 6.07) is 0. The molecule has 1 aliphatic carbocycles. The maximum absolute atomic E-state index is 8.57. The minimum atomic E-state index is 0.346. The molecule has 0 amide bonds. The number of aliphatic hydroxyl groups is 1. The Morgan fingerprint density at radius 1 is 1.31 bits per heavy atom. The standard InChI is InChI=1S/C11H23NO/c1-10(11-5-6-11)9-12-7-3-2-4-8-13/h10-13H,2-9H2,1H3. The van der Waals surface area contributed by atoms with Crippen molar-refractivity contribution in [1.82, 2.24) is 5.32 Å². The van der Waals surface area contributed by atoms with Gasteiger partial charge in [-0.15, -0.1) is 0 Å². The Kier molecular flexibility index (Phi) is 5.40. The van der Waals surface area contributed by atoms with Crippen molar-refractivity contribution < 1.29 is 5.11 Å². The molecule has 1 aliphatic rings. The number of hydrogen-bond acceptors (Lipinski definition) is 2. The van der Waals surface area contributed by atoms with Gasteiger partial charge in [0.15, 0.2) is 0 Å². The first-order valence-corrected chi connectivity index (χ1v) is 5.66. The molecular formula is C11H23NO. The molecule has 0 aromatic carbocycles. The smallest absolute Gasteiger partial charge is 0.0431 e. The highest BCUT2D eigenvalue weighted by atomic mass is 16.2. The maximum Gasteiger partial charge on any atom is 0.0431 e. The molecule has 0 aromatic heterocycles. The van der Waals surface area contributed by atoms with E-state index < -0.39 is 0 Å². The molecule has 0 aromatic rings. The van der Waals surface area contributed by atoms with Crippen molar-refractivity contribution in [2.24, 2.45) is 11.8 Å². The molecule has 1 unspecified atom stereocenters. The van der Waals surface area contributed by atoms with E-state index in [1.165, 1.54) is 25.8 Å². The molecule has 0 radical (unpaired) electrons. The van der Waals surface area contributed by atoms with E-state index in [1.807, 2.05) is 0 Å². The van der Waals surface area contributed by atoms with E-state index in [2.05, 4.69) is 12.2 Å². The molecule has 0 bridgehead atoms. The van der Waals surface area contributed by atoms with E-state index in [1.54, 1.807) is 0 Å². The summed E-state index contributed by atoms with van der Waals surface area (Å²) in [5, 5.41) is 12.1. The highest BCUT2D eigenvalue weighted by molar-refractivity contribution is 4.79. The van der Waals surface area contributed by atoms with Crippen molar-refractivity contribution >= 4 is 0 Å². The Balaban J connectivity index is 1.77. The van der Waals surface area contributed by atoms with Gasteiger partial charge in [0.2, 0.25) is 0 Å². The summed E-state index contributed by atoms with van der Waals surface area (Å²) < 4.78 is 0. The SMILES string of the molecule is CC(CNCCCCCO)C1CC1. The molecule has 0 saturated heterocycles. The van der Waals surface area contributed by atoms with Gasteiger partial charge in [-0.05, 0) is 57.0 Å². The molecule has 1 rings (SSSR count). The zero-order valence-corrected chi connectivity index (χ0v) is 8.76. The predicted octanol–water partition coefficient (Wildman–Crippen LogP) is 1.78. The van der Waals surface area contributed by atoms with E-state index in [0.29, 0.717) is 6.61 Å². The van der Waals surface area contributed by atoms with Gasteiger partial charge in [-0.25, -0.2) is 0 Å². The summed E-state index contributed by atoms with van der Waals surface area (Å²) in [6.45, 7) is 5.00. The topological polar surface area (TPSA) is 32.3 Å². The van der Waals surface area contributed by atoms with Gasteiger partial charge in [-0.2, -0.15) is 0 Å². The highest BCUT2D eigenvalue weighted by Crippen LogP contribution is 2.35. The van der Waals surface area contributed by atoms with Crippen molar-refractivity contribution in [2.45, 2.75) is 39.0 Å². The average molecular weight is 185 g/mol. The van der Waals surface area contributed by atoms with Crippen molar-refractivity contribution in [3.63, 3.8) is 0 Å². The minimum Gasteiger partial charge on any atom is -0.396 e. The summed E-state index contributed by atoms with van der Waals surface area (Å²) in [6.07, 6.45) is 6.22. The highest BCUT2D eigenvalue weighted by Gasteiger charge is 2.27. The van der Waals surface area contributed by atoms with Crippen LogP contribution in [0.25, 0.3) is 0 Å². The van der Waals surface area contributed by atoms with E-state index in [9.17, 15) is 0 Å². The van der Waals surface area contributed by atoms with Crippen LogP contribution in [0.1, 0.15) is 39.0 Å². The van der Waals surface area contributed by atoms with E-state index in [-0.39, 0.29) is 0 Å². The first-order chi connectivity index (χ1) is 6.34. The second-order valence-electron chi connectivity index (χ2n) is 4.30. The molecule has 0 spiro atoms. The first kappa shape index (κ1) is 11.0. The second-order valence-corrected chi connectivity index (χ2v) is 4.30. The van der Waals surface area contributed by atoms with Crippen LogP contribution in [0, 0.1) is 11.8 Å². The van der Waals surface area contributed by atoms with Crippen LogP contribution in [0.5, 0.6) is 0 Å². The molecule has 2 heteroatoms. The fourth-order valence-corrected chi connectivity index (χ4v) is 1.70. The number of unbranched alkanes of at least 4 members (excludes halogenated alkanes) is 2. The third-order valence-electron chi connectivity index (χ3n) is 2.90. The van der Waals surface area contributed by atoms with E-state index in [4.69, 9.17) is 5.11 Å². The van der Waals surface area contributed by atoms with Crippen LogP contribution in [-0.4, -0.2) is 24.8 Å². The zero-order valence-electron chi connectivity index (χ0n) is 8.76. The van der Waals surface area contributed by atoms with Crippen LogP contribution in [0.15, 0.2) is 0 Å². The largest absolute Gasteiger partial charge is 0.396 e. The molecule has 2 N–H and O–H groups in total. The van der Waals surface area contributed by atoms with Crippen LogP contribution in [0.4, 0.5) is 0 Å². The van der Waals surface area contributed by atoms with Crippen LogP contribution >= 0.6 is 0 Å². The van der Waals surface area contributed by atoms with Crippen LogP contribution in [-0.2, 0) is 0 Å². The fraction of sp³-hybridized carbons (Fsp3) is 1.00. The van der Waals surface area contributed by atoms with Gasteiger partial charge in [0.05, 0.1) is 0 Å². The van der Waals surface area contributed by atoms with Gasteiger partial charge in [0, 0.05) is 6.61 Å². The van der Waals surface area contributed by atoms with Gasteiger partial charge in [-0.3, -0.25) is 0 Å². The Hall–Kier alpha value is -0.0800. The summed E-state index contributed by atoms with van der Waals surface area (Å²) in [7, 11) is 0. The summed E-state index contributed by atoms with van der Waals surface area (Å²) >= 11 is 0. The normalized spacial score (nSPS) is 18.9. The molecule has 1 fully saturated rings. The summed E-state index contributed by atoms with van der Waals surface area (Å²) in [5.41, 5.74) is 0. The summed E-state index contributed by atoms with van der Waals surface area (Å²) in [5.74, 6) is 1.89. The maximum atomic E-state index is 8.57. The van der Waals surface area contributed by atoms with E-state index in [0.717, 1.165) is 31.2 Å². The first-order valence-electron chi connectivity index (χ1n) is 5.66. The monoisotopic (exact) mass is 185 g/mol. The Morgan fingerprint density at radius 3 is 2.69 bits per heavy atom. The lowest BCUT2D eigenvalue weighted by atomic mass is 10.1. The lowest BCUT2D eigenvalue weighted by Gasteiger charge is -2.10. The number of nitrogens with one attached hydrogen (secondary N) is 1. The Bertz CT molecular complexity index is 123. The third-order valence-corrected chi connectivity index (χ3v) is 2.90. The fourth-order valence-electron chi connectivity index (χ4n) is 1.70. The lowest BCUT2D eigenvalue weighted by molar-refractivity contribution is 0.282. The minimum absolute atomic E-state index is 0.346. The lowest BCUT2D eigenvalue weighted by Crippen LogP contribution is -2.23. The molecule has 13 heavy (non-hydrogen) atoms. The van der Waals surface area contributed by atoms with Gasteiger partial charge in [0.1, 0.15) is 0 Å². The van der Waals surface area contributed by atoms with Crippen molar-refractivity contribution in [1.29, 1.82) is 0 Å². The summed E-state index contributed by atoms with van der Waals surface area (Å²) in [4.78, 5) is 0. The second kappa shape index (κ2) is 6.39.